The summed E-state index contributed by atoms with van der Waals surface area (Å²) in [6.45, 7) is 1.70. The van der Waals surface area contributed by atoms with E-state index in [1.165, 1.54) is 12.1 Å². The molecule has 1 aromatic heterocycles. The minimum absolute atomic E-state index is 0.0225. The summed E-state index contributed by atoms with van der Waals surface area (Å²) in [5.41, 5.74) is 1.61. The van der Waals surface area contributed by atoms with E-state index >= 15 is 0 Å². The van der Waals surface area contributed by atoms with Gasteiger partial charge in [0, 0.05) is 37.4 Å². The van der Waals surface area contributed by atoms with Gasteiger partial charge in [-0.2, -0.15) is 0 Å². The summed E-state index contributed by atoms with van der Waals surface area (Å²) in [5, 5.41) is 9.49. The van der Waals surface area contributed by atoms with Crippen molar-refractivity contribution in [1.29, 1.82) is 0 Å². The molecular formula is C24H27FN4O2. The second-order valence-electron chi connectivity index (χ2n) is 9.41. The summed E-state index contributed by atoms with van der Waals surface area (Å²) in [7, 11) is 0. The van der Waals surface area contributed by atoms with E-state index in [-0.39, 0.29) is 47.0 Å². The van der Waals surface area contributed by atoms with Crippen LogP contribution in [0.4, 0.5) is 4.39 Å². The van der Waals surface area contributed by atoms with Crippen molar-refractivity contribution in [3.05, 3.63) is 65.7 Å². The zero-order valence-electron chi connectivity index (χ0n) is 17.4. The molecule has 162 valence electrons. The van der Waals surface area contributed by atoms with E-state index < -0.39 is 0 Å². The molecule has 2 bridgehead atoms. The van der Waals surface area contributed by atoms with Gasteiger partial charge in [-0.25, -0.2) is 4.39 Å². The van der Waals surface area contributed by atoms with Gasteiger partial charge in [-0.15, -0.1) is 0 Å². The molecule has 31 heavy (non-hydrogen) atoms. The second kappa shape index (κ2) is 7.71. The Hall–Kier alpha value is -2.80. The van der Waals surface area contributed by atoms with Crippen molar-refractivity contribution in [2.45, 2.75) is 49.6 Å². The molecule has 2 amide bonds. The number of halogens is 1. The largest absolute Gasteiger partial charge is 0.352 e. The zero-order valence-corrected chi connectivity index (χ0v) is 17.4. The number of nitrogens with zero attached hydrogens (tertiary/aromatic N) is 1. The van der Waals surface area contributed by atoms with Crippen molar-refractivity contribution in [1.82, 2.24) is 20.9 Å². The highest BCUT2D eigenvalue weighted by Crippen LogP contribution is 2.75. The van der Waals surface area contributed by atoms with Gasteiger partial charge in [-0.05, 0) is 72.9 Å². The number of nitrogens with one attached hydrogen (secondary N) is 3. The van der Waals surface area contributed by atoms with Crippen LogP contribution in [0.2, 0.25) is 0 Å². The van der Waals surface area contributed by atoms with Crippen LogP contribution < -0.4 is 16.0 Å². The van der Waals surface area contributed by atoms with Crippen molar-refractivity contribution in [2.24, 2.45) is 5.41 Å². The van der Waals surface area contributed by atoms with Crippen LogP contribution in [0.1, 0.15) is 48.0 Å². The number of carbonyl (C=O) groups excluding carboxylic acids is 2. The topological polar surface area (TPSA) is 83.1 Å². The molecule has 7 heteroatoms. The van der Waals surface area contributed by atoms with Gasteiger partial charge < -0.3 is 16.0 Å². The van der Waals surface area contributed by atoms with Gasteiger partial charge in [0.15, 0.2) is 0 Å². The normalized spacial score (nSPS) is 29.4. The lowest BCUT2D eigenvalue weighted by atomic mass is 9.31. The quantitative estimate of drug-likeness (QED) is 0.640. The van der Waals surface area contributed by atoms with E-state index in [2.05, 4.69) is 20.9 Å². The molecule has 3 aliphatic carbocycles. The minimum atomic E-state index is -0.239. The highest BCUT2D eigenvalue weighted by molar-refractivity contribution is 5.94. The Bertz CT molecular complexity index is 953. The number of hydrogen-bond acceptors (Lipinski definition) is 4. The average molecular weight is 423 g/mol. The van der Waals surface area contributed by atoms with Crippen molar-refractivity contribution in [2.75, 3.05) is 13.1 Å². The van der Waals surface area contributed by atoms with Gasteiger partial charge in [-0.1, -0.05) is 12.1 Å². The number of benzene rings is 1. The third-order valence-corrected chi connectivity index (χ3v) is 7.31. The standard InChI is InChI=1S/C24H27FN4O2/c25-18-5-3-17(4-6-18)23-13-24(14-23,15-23)20(10-21(30)28-19-7-9-27-12-19)29-22(31)16-2-1-8-26-11-16/h1-6,8,11,19-20,27H,7,9-10,12-15H2,(H,28,30)(H,29,31). The van der Waals surface area contributed by atoms with Crippen LogP contribution in [-0.2, 0) is 10.2 Å². The third kappa shape index (κ3) is 3.71. The first-order valence-electron chi connectivity index (χ1n) is 11.0. The van der Waals surface area contributed by atoms with Crippen molar-refractivity contribution in [3.63, 3.8) is 0 Å². The summed E-state index contributed by atoms with van der Waals surface area (Å²) in [5.74, 6) is -0.454. The van der Waals surface area contributed by atoms with E-state index in [9.17, 15) is 14.0 Å². The molecular weight excluding hydrogens is 395 g/mol. The summed E-state index contributed by atoms with van der Waals surface area (Å²) >= 11 is 0. The van der Waals surface area contributed by atoms with Crippen molar-refractivity contribution >= 4 is 11.8 Å². The van der Waals surface area contributed by atoms with Gasteiger partial charge in [0.1, 0.15) is 5.82 Å². The molecule has 2 heterocycles. The van der Waals surface area contributed by atoms with Crippen LogP contribution >= 0.6 is 0 Å². The first kappa shape index (κ1) is 20.1. The Morgan fingerprint density at radius 3 is 2.61 bits per heavy atom. The molecule has 3 N–H and O–H groups in total. The second-order valence-corrected chi connectivity index (χ2v) is 9.41. The molecule has 0 spiro atoms. The van der Waals surface area contributed by atoms with Crippen LogP contribution in [0.3, 0.4) is 0 Å². The molecule has 6 nitrogen and oxygen atoms in total. The molecule has 3 saturated carbocycles. The predicted molar refractivity (Wildman–Crippen MR) is 114 cm³/mol. The Morgan fingerprint density at radius 1 is 1.19 bits per heavy atom. The van der Waals surface area contributed by atoms with E-state index in [1.807, 2.05) is 12.1 Å². The maximum absolute atomic E-state index is 13.3. The number of carbonyl (C=O) groups is 2. The molecule has 1 aliphatic heterocycles. The highest BCUT2D eigenvalue weighted by atomic mass is 19.1. The lowest BCUT2D eigenvalue weighted by Gasteiger charge is -2.73. The number of pyridine rings is 1. The number of aromatic nitrogens is 1. The lowest BCUT2D eigenvalue weighted by Crippen LogP contribution is -2.72. The van der Waals surface area contributed by atoms with Crippen LogP contribution in [0.15, 0.2) is 48.8 Å². The Morgan fingerprint density at radius 2 is 1.97 bits per heavy atom. The number of hydrogen-bond donors (Lipinski definition) is 3. The van der Waals surface area contributed by atoms with Gasteiger partial charge in [0.05, 0.1) is 5.56 Å². The number of amides is 2. The fourth-order valence-corrected chi connectivity index (χ4v) is 5.75. The van der Waals surface area contributed by atoms with E-state index in [0.717, 1.165) is 44.3 Å². The lowest BCUT2D eigenvalue weighted by molar-refractivity contribution is -0.166. The SMILES string of the molecule is O=C(CC(NC(=O)c1cccnc1)C12CC(c3ccc(F)cc3)(C1)C2)NC1CCNC1. The Kier molecular flexibility index (Phi) is 5.01. The molecule has 2 atom stereocenters. The van der Waals surface area contributed by atoms with Gasteiger partial charge in [-0.3, -0.25) is 14.6 Å². The van der Waals surface area contributed by atoms with Gasteiger partial charge in [0.25, 0.3) is 5.91 Å². The maximum atomic E-state index is 13.3. The van der Waals surface area contributed by atoms with Crippen LogP contribution in [0.25, 0.3) is 0 Å². The smallest absolute Gasteiger partial charge is 0.253 e. The molecule has 1 aromatic carbocycles. The Balaban J connectivity index is 1.29. The summed E-state index contributed by atoms with van der Waals surface area (Å²) < 4.78 is 13.3. The molecule has 2 unspecified atom stereocenters. The maximum Gasteiger partial charge on any atom is 0.253 e. The number of rotatable bonds is 7. The molecule has 1 saturated heterocycles. The summed E-state index contributed by atoms with van der Waals surface area (Å²) in [6, 6.07) is 10.1. The molecule has 0 radical (unpaired) electrons. The fraction of sp³-hybridized carbons (Fsp3) is 0.458. The Labute approximate surface area is 181 Å². The van der Waals surface area contributed by atoms with Crippen molar-refractivity contribution < 1.29 is 14.0 Å². The molecule has 4 aliphatic rings. The average Bonchev–Trinajstić information content (AvgIpc) is 3.21. The summed E-state index contributed by atoms with van der Waals surface area (Å²) in [6.07, 6.45) is 7.08. The molecule has 2 aromatic rings. The first-order valence-corrected chi connectivity index (χ1v) is 11.0. The predicted octanol–water partition coefficient (Wildman–Crippen LogP) is 2.31. The molecule has 6 rings (SSSR count). The first-order chi connectivity index (χ1) is 15.0. The fourth-order valence-electron chi connectivity index (χ4n) is 5.75. The van der Waals surface area contributed by atoms with Crippen LogP contribution in [0.5, 0.6) is 0 Å². The molecule has 4 fully saturated rings. The van der Waals surface area contributed by atoms with Crippen LogP contribution in [-0.4, -0.2) is 42.0 Å². The minimum Gasteiger partial charge on any atom is -0.352 e. The third-order valence-electron chi connectivity index (χ3n) is 7.31. The summed E-state index contributed by atoms with van der Waals surface area (Å²) in [4.78, 5) is 29.6. The monoisotopic (exact) mass is 422 g/mol. The van der Waals surface area contributed by atoms with Crippen molar-refractivity contribution in [3.8, 4) is 0 Å². The van der Waals surface area contributed by atoms with E-state index in [4.69, 9.17) is 0 Å². The highest BCUT2D eigenvalue weighted by Gasteiger charge is 2.71. The van der Waals surface area contributed by atoms with Gasteiger partial charge >= 0.3 is 0 Å². The van der Waals surface area contributed by atoms with Gasteiger partial charge in [0.2, 0.25) is 5.91 Å². The zero-order chi connectivity index (χ0) is 21.5. The van der Waals surface area contributed by atoms with E-state index in [0.29, 0.717) is 5.56 Å². The van der Waals surface area contributed by atoms with Crippen LogP contribution in [0, 0.1) is 11.2 Å². The van der Waals surface area contributed by atoms with E-state index in [1.54, 1.807) is 24.5 Å².